The summed E-state index contributed by atoms with van der Waals surface area (Å²) in [6, 6.07) is 9.57. The Morgan fingerprint density at radius 3 is 2.40 bits per heavy atom. The largest absolute Gasteiger partial charge is 0.339 e. The van der Waals surface area contributed by atoms with Gasteiger partial charge in [-0.25, -0.2) is 0 Å². The fourth-order valence-electron chi connectivity index (χ4n) is 3.31. The molecule has 2 amide bonds. The highest BCUT2D eigenvalue weighted by molar-refractivity contribution is 5.95. The molecule has 5 heteroatoms. The van der Waals surface area contributed by atoms with Gasteiger partial charge in [-0.15, -0.1) is 0 Å². The molecule has 1 aliphatic heterocycles. The standard InChI is InChI=1S/C20H23N3O2/c1-14-10-15(2)12-18(11-14)22-19(24)16-5-8-23(9-6-16)20(25)17-4-3-7-21-13-17/h3-4,7,10-13,16H,5-6,8-9H2,1-2H3,(H,22,24). The van der Waals surface area contributed by atoms with Crippen LogP contribution in [0.2, 0.25) is 0 Å². The molecule has 0 unspecified atom stereocenters. The van der Waals surface area contributed by atoms with Crippen molar-refractivity contribution in [2.75, 3.05) is 18.4 Å². The number of hydrogen-bond donors (Lipinski definition) is 1. The van der Waals surface area contributed by atoms with Gasteiger partial charge in [0.1, 0.15) is 0 Å². The molecule has 0 radical (unpaired) electrons. The Labute approximate surface area is 148 Å². The first kappa shape index (κ1) is 17.1. The molecule has 1 N–H and O–H groups in total. The predicted molar refractivity (Wildman–Crippen MR) is 97.4 cm³/mol. The molecule has 1 saturated heterocycles. The van der Waals surface area contributed by atoms with Crippen LogP contribution in [0, 0.1) is 19.8 Å². The highest BCUT2D eigenvalue weighted by atomic mass is 16.2. The highest BCUT2D eigenvalue weighted by Crippen LogP contribution is 2.22. The quantitative estimate of drug-likeness (QED) is 0.935. The smallest absolute Gasteiger partial charge is 0.255 e. The molecule has 1 fully saturated rings. The Morgan fingerprint density at radius 2 is 1.80 bits per heavy atom. The molecule has 25 heavy (non-hydrogen) atoms. The lowest BCUT2D eigenvalue weighted by Crippen LogP contribution is -2.41. The maximum atomic E-state index is 12.5. The van der Waals surface area contributed by atoms with E-state index in [0.717, 1.165) is 16.8 Å². The number of aromatic nitrogens is 1. The third-order valence-corrected chi connectivity index (χ3v) is 4.55. The zero-order valence-corrected chi connectivity index (χ0v) is 14.7. The lowest BCUT2D eigenvalue weighted by Gasteiger charge is -2.31. The third-order valence-electron chi connectivity index (χ3n) is 4.55. The van der Waals surface area contributed by atoms with E-state index in [1.54, 1.807) is 29.4 Å². The monoisotopic (exact) mass is 337 g/mol. The fraction of sp³-hybridized carbons (Fsp3) is 0.350. The number of benzene rings is 1. The lowest BCUT2D eigenvalue weighted by atomic mass is 9.95. The Bertz CT molecular complexity index is 746. The van der Waals surface area contributed by atoms with Gasteiger partial charge in [-0.05, 0) is 62.1 Å². The van der Waals surface area contributed by atoms with Gasteiger partial charge in [-0.2, -0.15) is 0 Å². The van der Waals surface area contributed by atoms with Crippen molar-refractivity contribution in [3.8, 4) is 0 Å². The zero-order chi connectivity index (χ0) is 17.8. The number of rotatable bonds is 3. The highest BCUT2D eigenvalue weighted by Gasteiger charge is 2.28. The van der Waals surface area contributed by atoms with Crippen LogP contribution < -0.4 is 5.32 Å². The molecule has 1 aliphatic rings. The summed E-state index contributed by atoms with van der Waals surface area (Å²) < 4.78 is 0. The molecule has 5 nitrogen and oxygen atoms in total. The number of carbonyl (C=O) groups is 2. The molecule has 0 bridgehead atoms. The van der Waals surface area contributed by atoms with Crippen molar-refractivity contribution in [3.63, 3.8) is 0 Å². The van der Waals surface area contributed by atoms with E-state index in [2.05, 4.69) is 16.4 Å². The molecular formula is C20H23N3O2. The SMILES string of the molecule is Cc1cc(C)cc(NC(=O)C2CCN(C(=O)c3cccnc3)CC2)c1. The topological polar surface area (TPSA) is 62.3 Å². The second-order valence-electron chi connectivity index (χ2n) is 6.67. The van der Waals surface area contributed by atoms with Crippen LogP contribution in [-0.4, -0.2) is 34.8 Å². The van der Waals surface area contributed by atoms with E-state index in [-0.39, 0.29) is 17.7 Å². The van der Waals surface area contributed by atoms with Gasteiger partial charge in [-0.3, -0.25) is 14.6 Å². The molecule has 0 aliphatic carbocycles. The minimum atomic E-state index is -0.0567. The number of aryl methyl sites for hydroxylation is 2. The van der Waals surface area contributed by atoms with Crippen LogP contribution in [0.5, 0.6) is 0 Å². The lowest BCUT2D eigenvalue weighted by molar-refractivity contribution is -0.121. The van der Waals surface area contributed by atoms with Crippen molar-refractivity contribution in [2.24, 2.45) is 5.92 Å². The number of likely N-dealkylation sites (tertiary alicyclic amines) is 1. The van der Waals surface area contributed by atoms with E-state index in [9.17, 15) is 9.59 Å². The maximum Gasteiger partial charge on any atom is 0.255 e. The summed E-state index contributed by atoms with van der Waals surface area (Å²) >= 11 is 0. The first-order valence-corrected chi connectivity index (χ1v) is 8.61. The molecule has 2 aromatic rings. The molecular weight excluding hydrogens is 314 g/mol. The van der Waals surface area contributed by atoms with E-state index in [4.69, 9.17) is 0 Å². The van der Waals surface area contributed by atoms with E-state index in [1.807, 2.05) is 26.0 Å². The fourth-order valence-corrected chi connectivity index (χ4v) is 3.31. The van der Waals surface area contributed by atoms with Gasteiger partial charge in [0.25, 0.3) is 5.91 Å². The number of nitrogens with zero attached hydrogens (tertiary/aromatic N) is 2. The van der Waals surface area contributed by atoms with Crippen LogP contribution in [0.25, 0.3) is 0 Å². The minimum Gasteiger partial charge on any atom is -0.339 e. The molecule has 1 aromatic carbocycles. The number of amides is 2. The summed E-state index contributed by atoms with van der Waals surface area (Å²) in [4.78, 5) is 30.7. The Hall–Kier alpha value is -2.69. The number of piperidine rings is 1. The number of pyridine rings is 1. The summed E-state index contributed by atoms with van der Waals surface area (Å²) in [5.41, 5.74) is 3.70. The molecule has 3 rings (SSSR count). The number of carbonyl (C=O) groups excluding carboxylic acids is 2. The summed E-state index contributed by atoms with van der Waals surface area (Å²) in [6.07, 6.45) is 4.60. The summed E-state index contributed by atoms with van der Waals surface area (Å²) in [6.45, 7) is 5.23. The Kier molecular flexibility index (Phi) is 5.12. The second kappa shape index (κ2) is 7.47. The zero-order valence-electron chi connectivity index (χ0n) is 14.7. The van der Waals surface area contributed by atoms with Crippen LogP contribution in [-0.2, 0) is 4.79 Å². The normalized spacial score (nSPS) is 15.0. The van der Waals surface area contributed by atoms with Crippen LogP contribution in [0.15, 0.2) is 42.7 Å². The van der Waals surface area contributed by atoms with Crippen molar-refractivity contribution in [3.05, 3.63) is 59.4 Å². The first-order valence-electron chi connectivity index (χ1n) is 8.61. The summed E-state index contributed by atoms with van der Waals surface area (Å²) in [5, 5.41) is 3.02. The number of nitrogens with one attached hydrogen (secondary N) is 1. The van der Waals surface area contributed by atoms with E-state index < -0.39 is 0 Å². The van der Waals surface area contributed by atoms with Gasteiger partial charge < -0.3 is 10.2 Å². The van der Waals surface area contributed by atoms with Gasteiger partial charge in [0.2, 0.25) is 5.91 Å². The van der Waals surface area contributed by atoms with Gasteiger partial charge in [-0.1, -0.05) is 6.07 Å². The molecule has 130 valence electrons. The first-order chi connectivity index (χ1) is 12.0. The van der Waals surface area contributed by atoms with Crippen LogP contribution in [0.1, 0.15) is 34.3 Å². The summed E-state index contributed by atoms with van der Waals surface area (Å²) in [5.74, 6) is -0.0292. The summed E-state index contributed by atoms with van der Waals surface area (Å²) in [7, 11) is 0. The Balaban J connectivity index is 1.56. The second-order valence-corrected chi connectivity index (χ2v) is 6.67. The van der Waals surface area contributed by atoms with E-state index in [0.29, 0.717) is 31.5 Å². The molecule has 0 atom stereocenters. The average Bonchev–Trinajstić information content (AvgIpc) is 2.61. The average molecular weight is 337 g/mol. The van der Waals surface area contributed by atoms with E-state index in [1.165, 1.54) is 0 Å². The van der Waals surface area contributed by atoms with Crippen molar-refractivity contribution >= 4 is 17.5 Å². The predicted octanol–water partition coefficient (Wildman–Crippen LogP) is 3.19. The van der Waals surface area contributed by atoms with Gasteiger partial charge in [0, 0.05) is 37.1 Å². The molecule has 1 aromatic heterocycles. The van der Waals surface area contributed by atoms with Gasteiger partial charge in [0.15, 0.2) is 0 Å². The maximum absolute atomic E-state index is 12.5. The van der Waals surface area contributed by atoms with Crippen molar-refractivity contribution in [2.45, 2.75) is 26.7 Å². The third kappa shape index (κ3) is 4.24. The van der Waals surface area contributed by atoms with Crippen molar-refractivity contribution < 1.29 is 9.59 Å². The van der Waals surface area contributed by atoms with Gasteiger partial charge in [0.05, 0.1) is 5.56 Å². The van der Waals surface area contributed by atoms with Crippen LogP contribution in [0.4, 0.5) is 5.69 Å². The minimum absolute atomic E-state index is 0.0127. The molecule has 2 heterocycles. The van der Waals surface area contributed by atoms with Crippen LogP contribution >= 0.6 is 0 Å². The Morgan fingerprint density at radius 1 is 1.12 bits per heavy atom. The van der Waals surface area contributed by atoms with Gasteiger partial charge >= 0.3 is 0 Å². The van der Waals surface area contributed by atoms with Crippen LogP contribution in [0.3, 0.4) is 0 Å². The van der Waals surface area contributed by atoms with Crippen molar-refractivity contribution in [1.82, 2.24) is 9.88 Å². The van der Waals surface area contributed by atoms with Crippen molar-refractivity contribution in [1.29, 1.82) is 0 Å². The number of anilines is 1. The molecule has 0 saturated carbocycles. The molecule has 0 spiro atoms. The number of hydrogen-bond acceptors (Lipinski definition) is 3. The van der Waals surface area contributed by atoms with E-state index >= 15 is 0 Å².